The van der Waals surface area contributed by atoms with Crippen LogP contribution in [0.1, 0.15) is 10.4 Å². The summed E-state index contributed by atoms with van der Waals surface area (Å²) in [5, 5.41) is 7.30. The summed E-state index contributed by atoms with van der Waals surface area (Å²) >= 11 is 5.77. The van der Waals surface area contributed by atoms with Gasteiger partial charge in [-0.25, -0.2) is 4.98 Å². The molecule has 3 aromatic rings. The quantitative estimate of drug-likeness (QED) is 0.795. The van der Waals surface area contributed by atoms with Gasteiger partial charge in [-0.3, -0.25) is 9.48 Å². The molecule has 0 radical (unpaired) electrons. The molecule has 7 heteroatoms. The van der Waals surface area contributed by atoms with E-state index in [1.807, 2.05) is 0 Å². The first-order valence-electron chi connectivity index (χ1n) is 6.79. The number of halogens is 1. The Labute approximate surface area is 137 Å². The van der Waals surface area contributed by atoms with Crippen LogP contribution in [0.15, 0.2) is 55.0 Å². The standard InChI is InChI=1S/C16H13ClN4O2/c1-21-10-11(8-19-21)16(22)20-13-3-5-14(6-4-13)23-15-7-2-12(17)9-18-15/h2-10H,1H3,(H,20,22). The summed E-state index contributed by atoms with van der Waals surface area (Å²) in [5.74, 6) is 0.840. The van der Waals surface area contributed by atoms with Crippen molar-refractivity contribution < 1.29 is 9.53 Å². The zero-order valence-corrected chi connectivity index (χ0v) is 13.0. The van der Waals surface area contributed by atoms with Crippen molar-refractivity contribution in [2.45, 2.75) is 0 Å². The molecule has 0 saturated heterocycles. The number of amides is 1. The minimum Gasteiger partial charge on any atom is -0.439 e. The Morgan fingerprint density at radius 3 is 2.57 bits per heavy atom. The number of aromatic nitrogens is 3. The summed E-state index contributed by atoms with van der Waals surface area (Å²) in [4.78, 5) is 16.1. The van der Waals surface area contributed by atoms with Crippen LogP contribution in [0.5, 0.6) is 11.6 Å². The molecule has 0 aliphatic heterocycles. The lowest BCUT2D eigenvalue weighted by atomic mass is 10.2. The SMILES string of the molecule is Cn1cc(C(=O)Nc2ccc(Oc3ccc(Cl)cn3)cc2)cn1. The second kappa shape index (κ2) is 6.50. The molecule has 0 atom stereocenters. The molecule has 2 aromatic heterocycles. The van der Waals surface area contributed by atoms with Crippen molar-refractivity contribution in [3.8, 4) is 11.6 Å². The number of nitrogens with zero attached hydrogens (tertiary/aromatic N) is 3. The Kier molecular flexibility index (Phi) is 4.25. The van der Waals surface area contributed by atoms with Gasteiger partial charge in [0.2, 0.25) is 5.88 Å². The highest BCUT2D eigenvalue weighted by molar-refractivity contribution is 6.30. The lowest BCUT2D eigenvalue weighted by Gasteiger charge is -2.07. The number of pyridine rings is 1. The van der Waals surface area contributed by atoms with E-state index in [-0.39, 0.29) is 5.91 Å². The van der Waals surface area contributed by atoms with Crippen molar-refractivity contribution in [2.75, 3.05) is 5.32 Å². The van der Waals surface area contributed by atoms with Gasteiger partial charge in [0.1, 0.15) is 5.75 Å². The van der Waals surface area contributed by atoms with E-state index in [0.717, 1.165) is 0 Å². The van der Waals surface area contributed by atoms with Gasteiger partial charge in [-0.1, -0.05) is 11.6 Å². The highest BCUT2D eigenvalue weighted by Gasteiger charge is 2.08. The summed E-state index contributed by atoms with van der Waals surface area (Å²) in [7, 11) is 1.76. The molecule has 0 saturated carbocycles. The minimum atomic E-state index is -0.217. The molecule has 116 valence electrons. The highest BCUT2D eigenvalue weighted by Crippen LogP contribution is 2.22. The van der Waals surface area contributed by atoms with E-state index in [2.05, 4.69) is 15.4 Å². The summed E-state index contributed by atoms with van der Waals surface area (Å²) in [6.45, 7) is 0. The normalized spacial score (nSPS) is 10.3. The molecule has 23 heavy (non-hydrogen) atoms. The first-order valence-corrected chi connectivity index (χ1v) is 7.17. The highest BCUT2D eigenvalue weighted by atomic mass is 35.5. The largest absolute Gasteiger partial charge is 0.439 e. The number of carbonyl (C=O) groups is 1. The number of hydrogen-bond donors (Lipinski definition) is 1. The van der Waals surface area contributed by atoms with Gasteiger partial charge in [0.15, 0.2) is 0 Å². The first-order chi connectivity index (χ1) is 11.1. The minimum absolute atomic E-state index is 0.217. The van der Waals surface area contributed by atoms with Gasteiger partial charge in [0.05, 0.1) is 16.8 Å². The van der Waals surface area contributed by atoms with Gasteiger partial charge in [-0.15, -0.1) is 0 Å². The Bertz CT molecular complexity index is 813. The van der Waals surface area contributed by atoms with Crippen LogP contribution in [0.4, 0.5) is 5.69 Å². The molecular formula is C16H13ClN4O2. The number of carbonyl (C=O) groups excluding carboxylic acids is 1. The van der Waals surface area contributed by atoms with E-state index < -0.39 is 0 Å². The molecule has 1 amide bonds. The number of anilines is 1. The van der Waals surface area contributed by atoms with Crippen molar-refractivity contribution in [1.29, 1.82) is 0 Å². The predicted octanol–water partition coefficient (Wildman–Crippen LogP) is 3.51. The lowest BCUT2D eigenvalue weighted by molar-refractivity contribution is 0.102. The van der Waals surface area contributed by atoms with Gasteiger partial charge >= 0.3 is 0 Å². The number of nitrogens with one attached hydrogen (secondary N) is 1. The van der Waals surface area contributed by atoms with Crippen LogP contribution in [0.25, 0.3) is 0 Å². The van der Waals surface area contributed by atoms with E-state index >= 15 is 0 Å². The van der Waals surface area contributed by atoms with Crippen LogP contribution >= 0.6 is 11.6 Å². The van der Waals surface area contributed by atoms with E-state index in [4.69, 9.17) is 16.3 Å². The molecular weight excluding hydrogens is 316 g/mol. The van der Waals surface area contributed by atoms with E-state index in [9.17, 15) is 4.79 Å². The Hall–Kier alpha value is -2.86. The van der Waals surface area contributed by atoms with Gasteiger partial charge < -0.3 is 10.1 Å². The molecule has 0 aliphatic rings. The summed E-state index contributed by atoms with van der Waals surface area (Å²) in [6, 6.07) is 10.4. The maximum absolute atomic E-state index is 12.0. The molecule has 0 aliphatic carbocycles. The molecule has 1 aromatic carbocycles. The third-order valence-electron chi connectivity index (χ3n) is 3.00. The lowest BCUT2D eigenvalue weighted by Crippen LogP contribution is -2.10. The third-order valence-corrected chi connectivity index (χ3v) is 3.23. The zero-order chi connectivity index (χ0) is 16.2. The summed E-state index contributed by atoms with van der Waals surface area (Å²) < 4.78 is 7.16. The van der Waals surface area contributed by atoms with E-state index in [1.54, 1.807) is 54.3 Å². The summed E-state index contributed by atoms with van der Waals surface area (Å²) in [5.41, 5.74) is 1.16. The summed E-state index contributed by atoms with van der Waals surface area (Å²) in [6.07, 6.45) is 4.68. The molecule has 0 spiro atoms. The fourth-order valence-corrected chi connectivity index (χ4v) is 2.00. The van der Waals surface area contributed by atoms with Crippen molar-refractivity contribution in [2.24, 2.45) is 7.05 Å². The topological polar surface area (TPSA) is 69.0 Å². The maximum Gasteiger partial charge on any atom is 0.258 e. The smallest absolute Gasteiger partial charge is 0.258 e. The molecule has 0 fully saturated rings. The van der Waals surface area contributed by atoms with Crippen LogP contribution in [0.2, 0.25) is 5.02 Å². The zero-order valence-electron chi connectivity index (χ0n) is 12.2. The predicted molar refractivity (Wildman–Crippen MR) is 86.9 cm³/mol. The molecule has 3 rings (SSSR count). The van der Waals surface area contributed by atoms with Crippen LogP contribution in [0, 0.1) is 0 Å². The Balaban J connectivity index is 1.65. The third kappa shape index (κ3) is 3.87. The van der Waals surface area contributed by atoms with Gasteiger partial charge in [0, 0.05) is 31.2 Å². The monoisotopic (exact) mass is 328 g/mol. The maximum atomic E-state index is 12.0. The average Bonchev–Trinajstić information content (AvgIpc) is 2.98. The van der Waals surface area contributed by atoms with Crippen LogP contribution in [-0.4, -0.2) is 20.7 Å². The van der Waals surface area contributed by atoms with Gasteiger partial charge in [0.25, 0.3) is 5.91 Å². The van der Waals surface area contributed by atoms with E-state index in [0.29, 0.717) is 27.9 Å². The number of ether oxygens (including phenoxy) is 1. The number of hydrogen-bond acceptors (Lipinski definition) is 4. The first kappa shape index (κ1) is 15.1. The number of aryl methyl sites for hydroxylation is 1. The molecule has 0 bridgehead atoms. The fraction of sp³-hybridized carbons (Fsp3) is 0.0625. The Morgan fingerprint density at radius 2 is 1.96 bits per heavy atom. The van der Waals surface area contributed by atoms with Crippen LogP contribution < -0.4 is 10.1 Å². The Morgan fingerprint density at radius 1 is 1.17 bits per heavy atom. The van der Waals surface area contributed by atoms with Crippen LogP contribution in [0.3, 0.4) is 0 Å². The van der Waals surface area contributed by atoms with Gasteiger partial charge in [-0.2, -0.15) is 5.10 Å². The molecule has 0 unspecified atom stereocenters. The molecule has 6 nitrogen and oxygen atoms in total. The second-order valence-electron chi connectivity index (χ2n) is 4.80. The van der Waals surface area contributed by atoms with Crippen molar-refractivity contribution >= 4 is 23.2 Å². The fourth-order valence-electron chi connectivity index (χ4n) is 1.89. The number of benzene rings is 1. The second-order valence-corrected chi connectivity index (χ2v) is 5.23. The average molecular weight is 329 g/mol. The van der Waals surface area contributed by atoms with Gasteiger partial charge in [-0.05, 0) is 30.3 Å². The van der Waals surface area contributed by atoms with Crippen molar-refractivity contribution in [3.63, 3.8) is 0 Å². The van der Waals surface area contributed by atoms with Crippen LogP contribution in [-0.2, 0) is 7.05 Å². The molecule has 2 heterocycles. The molecule has 1 N–H and O–H groups in total. The number of rotatable bonds is 4. The van der Waals surface area contributed by atoms with E-state index in [1.165, 1.54) is 12.4 Å². The van der Waals surface area contributed by atoms with Crippen molar-refractivity contribution in [1.82, 2.24) is 14.8 Å². The van der Waals surface area contributed by atoms with Crippen molar-refractivity contribution in [3.05, 3.63) is 65.6 Å².